The minimum absolute atomic E-state index is 0.473. The number of rotatable bonds is 11. The van der Waals surface area contributed by atoms with E-state index in [2.05, 4.69) is 34.6 Å². The van der Waals surface area contributed by atoms with Crippen molar-refractivity contribution >= 4 is 5.96 Å². The van der Waals surface area contributed by atoms with E-state index in [1.807, 2.05) is 6.07 Å². The molecule has 0 saturated carbocycles. The van der Waals surface area contributed by atoms with Crippen LogP contribution >= 0.6 is 0 Å². The first kappa shape index (κ1) is 20.7. The SMILES string of the molecule is CCC(CC)c1cc(CNC(=NC)NCCCOCC2CCOC2)on1. The smallest absolute Gasteiger partial charge is 0.191 e. The zero-order chi connectivity index (χ0) is 18.6. The van der Waals surface area contributed by atoms with Crippen LogP contribution in [0.4, 0.5) is 0 Å². The highest BCUT2D eigenvalue weighted by molar-refractivity contribution is 5.79. The molecule has 2 rings (SSSR count). The summed E-state index contributed by atoms with van der Waals surface area (Å²) in [7, 11) is 1.77. The number of ether oxygens (including phenoxy) is 2. The van der Waals surface area contributed by atoms with Gasteiger partial charge >= 0.3 is 0 Å². The van der Waals surface area contributed by atoms with Crippen molar-refractivity contribution in [2.24, 2.45) is 10.9 Å². The molecule has 0 aromatic carbocycles. The van der Waals surface area contributed by atoms with Gasteiger partial charge in [-0.05, 0) is 25.7 Å². The highest BCUT2D eigenvalue weighted by Gasteiger charge is 2.15. The van der Waals surface area contributed by atoms with Crippen LogP contribution in [-0.2, 0) is 16.0 Å². The van der Waals surface area contributed by atoms with Gasteiger partial charge in [0.25, 0.3) is 0 Å². The fourth-order valence-corrected chi connectivity index (χ4v) is 3.05. The quantitative estimate of drug-likeness (QED) is 0.356. The molecule has 7 nitrogen and oxygen atoms in total. The average molecular weight is 367 g/mol. The molecular weight excluding hydrogens is 332 g/mol. The van der Waals surface area contributed by atoms with Crippen LogP contribution in [0.2, 0.25) is 0 Å². The van der Waals surface area contributed by atoms with Gasteiger partial charge in [0, 0.05) is 44.7 Å². The van der Waals surface area contributed by atoms with Crippen LogP contribution in [0.5, 0.6) is 0 Å². The van der Waals surface area contributed by atoms with Crippen molar-refractivity contribution in [3.63, 3.8) is 0 Å². The fourth-order valence-electron chi connectivity index (χ4n) is 3.05. The van der Waals surface area contributed by atoms with Gasteiger partial charge in [-0.3, -0.25) is 4.99 Å². The number of hydrogen-bond acceptors (Lipinski definition) is 5. The monoisotopic (exact) mass is 366 g/mol. The van der Waals surface area contributed by atoms with Crippen molar-refractivity contribution < 1.29 is 14.0 Å². The summed E-state index contributed by atoms with van der Waals surface area (Å²) >= 11 is 0. The topological polar surface area (TPSA) is 80.9 Å². The third-order valence-corrected chi connectivity index (χ3v) is 4.77. The highest BCUT2D eigenvalue weighted by atomic mass is 16.5. The molecule has 148 valence electrons. The van der Waals surface area contributed by atoms with Crippen molar-refractivity contribution in [3.05, 3.63) is 17.5 Å². The summed E-state index contributed by atoms with van der Waals surface area (Å²) in [6, 6.07) is 2.04. The molecule has 1 aromatic heterocycles. The largest absolute Gasteiger partial charge is 0.381 e. The van der Waals surface area contributed by atoms with E-state index < -0.39 is 0 Å². The molecule has 1 saturated heterocycles. The van der Waals surface area contributed by atoms with Crippen LogP contribution < -0.4 is 10.6 Å². The van der Waals surface area contributed by atoms with Crippen molar-refractivity contribution in [3.8, 4) is 0 Å². The molecule has 1 atom stereocenters. The first-order chi connectivity index (χ1) is 12.8. The average Bonchev–Trinajstić information content (AvgIpc) is 3.34. The van der Waals surface area contributed by atoms with Crippen molar-refractivity contribution in [1.82, 2.24) is 15.8 Å². The van der Waals surface area contributed by atoms with Gasteiger partial charge in [0.1, 0.15) is 0 Å². The molecule has 1 fully saturated rings. The zero-order valence-electron chi connectivity index (χ0n) is 16.4. The number of hydrogen-bond donors (Lipinski definition) is 2. The Morgan fingerprint density at radius 2 is 2.23 bits per heavy atom. The summed E-state index contributed by atoms with van der Waals surface area (Å²) in [6.07, 6.45) is 4.22. The van der Waals surface area contributed by atoms with E-state index in [9.17, 15) is 0 Å². The summed E-state index contributed by atoms with van der Waals surface area (Å²) in [5, 5.41) is 10.7. The van der Waals surface area contributed by atoms with Crippen molar-refractivity contribution in [1.29, 1.82) is 0 Å². The molecule has 0 bridgehead atoms. The predicted octanol–water partition coefficient (Wildman–Crippen LogP) is 2.69. The van der Waals surface area contributed by atoms with Gasteiger partial charge in [0.05, 0.1) is 25.5 Å². The van der Waals surface area contributed by atoms with Gasteiger partial charge in [-0.15, -0.1) is 0 Å². The molecule has 0 aliphatic carbocycles. The summed E-state index contributed by atoms with van der Waals surface area (Å²) in [5.41, 5.74) is 1.04. The molecule has 0 spiro atoms. The first-order valence-corrected chi connectivity index (χ1v) is 9.82. The molecule has 2 N–H and O–H groups in total. The van der Waals surface area contributed by atoms with Crippen LogP contribution in [-0.4, -0.2) is 51.1 Å². The van der Waals surface area contributed by atoms with Gasteiger partial charge in [-0.1, -0.05) is 19.0 Å². The Morgan fingerprint density at radius 3 is 2.92 bits per heavy atom. The van der Waals surface area contributed by atoms with Crippen LogP contribution in [0.1, 0.15) is 56.9 Å². The Hall–Kier alpha value is -1.60. The minimum atomic E-state index is 0.473. The fraction of sp³-hybridized carbons (Fsp3) is 0.789. The van der Waals surface area contributed by atoms with Crippen LogP contribution in [0.15, 0.2) is 15.6 Å². The van der Waals surface area contributed by atoms with E-state index in [1.165, 1.54) is 0 Å². The Labute approximate surface area is 156 Å². The maximum atomic E-state index is 5.71. The van der Waals surface area contributed by atoms with Gasteiger partial charge in [0.15, 0.2) is 11.7 Å². The number of aliphatic imine (C=N–C) groups is 1. The third kappa shape index (κ3) is 6.96. The Balaban J connectivity index is 1.58. The lowest BCUT2D eigenvalue weighted by Crippen LogP contribution is -2.37. The maximum absolute atomic E-state index is 5.71. The lowest BCUT2D eigenvalue weighted by molar-refractivity contribution is 0.0888. The maximum Gasteiger partial charge on any atom is 0.191 e. The van der Waals surface area contributed by atoms with E-state index in [0.29, 0.717) is 18.4 Å². The highest BCUT2D eigenvalue weighted by Crippen LogP contribution is 2.22. The van der Waals surface area contributed by atoms with Gasteiger partial charge in [0.2, 0.25) is 0 Å². The normalized spacial score (nSPS) is 17.8. The van der Waals surface area contributed by atoms with Crippen LogP contribution in [0.25, 0.3) is 0 Å². The summed E-state index contributed by atoms with van der Waals surface area (Å²) in [6.45, 7) is 9.02. The Morgan fingerprint density at radius 1 is 1.38 bits per heavy atom. The van der Waals surface area contributed by atoms with Crippen LogP contribution in [0.3, 0.4) is 0 Å². The predicted molar refractivity (Wildman–Crippen MR) is 102 cm³/mol. The first-order valence-electron chi connectivity index (χ1n) is 9.82. The van der Waals surface area contributed by atoms with E-state index in [1.54, 1.807) is 7.05 Å². The van der Waals surface area contributed by atoms with Gasteiger partial charge in [-0.2, -0.15) is 0 Å². The zero-order valence-corrected chi connectivity index (χ0v) is 16.4. The van der Waals surface area contributed by atoms with Crippen LogP contribution in [0, 0.1) is 5.92 Å². The minimum Gasteiger partial charge on any atom is -0.381 e. The summed E-state index contributed by atoms with van der Waals surface area (Å²) in [4.78, 5) is 4.23. The van der Waals surface area contributed by atoms with E-state index in [4.69, 9.17) is 14.0 Å². The summed E-state index contributed by atoms with van der Waals surface area (Å²) in [5.74, 6) is 2.64. The lowest BCUT2D eigenvalue weighted by atomic mass is 9.99. The lowest BCUT2D eigenvalue weighted by Gasteiger charge is -2.12. The second-order valence-electron chi connectivity index (χ2n) is 6.74. The number of guanidine groups is 1. The molecule has 1 aliphatic heterocycles. The summed E-state index contributed by atoms with van der Waals surface area (Å²) < 4.78 is 16.5. The third-order valence-electron chi connectivity index (χ3n) is 4.77. The molecule has 7 heteroatoms. The number of nitrogens with zero attached hydrogens (tertiary/aromatic N) is 2. The molecule has 1 aliphatic rings. The molecular formula is C19H34N4O3. The van der Waals surface area contributed by atoms with E-state index >= 15 is 0 Å². The molecule has 2 heterocycles. The molecule has 0 radical (unpaired) electrons. The van der Waals surface area contributed by atoms with Gasteiger partial charge in [-0.25, -0.2) is 0 Å². The second kappa shape index (κ2) is 11.9. The second-order valence-corrected chi connectivity index (χ2v) is 6.74. The Kier molecular flexibility index (Phi) is 9.48. The molecule has 1 unspecified atom stereocenters. The molecule has 26 heavy (non-hydrogen) atoms. The van der Waals surface area contributed by atoms with E-state index in [-0.39, 0.29) is 0 Å². The molecule has 1 aromatic rings. The van der Waals surface area contributed by atoms with Gasteiger partial charge < -0.3 is 24.6 Å². The Bertz CT molecular complexity index is 523. The number of aromatic nitrogens is 1. The van der Waals surface area contributed by atoms with Crippen molar-refractivity contribution in [2.75, 3.05) is 40.0 Å². The van der Waals surface area contributed by atoms with E-state index in [0.717, 1.165) is 76.1 Å². The molecule has 0 amide bonds. The van der Waals surface area contributed by atoms with Crippen molar-refractivity contribution in [2.45, 2.75) is 52.0 Å². The standard InChI is InChI=1S/C19H34N4O3/c1-4-16(5-2)18-11-17(26-23-18)12-22-19(20-3)21-8-6-9-24-13-15-7-10-25-14-15/h11,15-16H,4-10,12-14H2,1-3H3,(H2,20,21,22). The number of nitrogens with one attached hydrogen (secondary N) is 2.